The van der Waals surface area contributed by atoms with Crippen molar-refractivity contribution in [1.82, 2.24) is 0 Å². The van der Waals surface area contributed by atoms with Gasteiger partial charge in [0.2, 0.25) is 0 Å². The van der Waals surface area contributed by atoms with E-state index < -0.39 is 0 Å². The van der Waals surface area contributed by atoms with Gasteiger partial charge in [-0.3, -0.25) is 0 Å². The molecule has 0 aliphatic carbocycles. The summed E-state index contributed by atoms with van der Waals surface area (Å²) in [6.07, 6.45) is 1.31. The van der Waals surface area contributed by atoms with Gasteiger partial charge in [0.05, 0.1) is 10.7 Å². The van der Waals surface area contributed by atoms with E-state index in [1.54, 1.807) is 0 Å². The smallest absolute Gasteiger partial charge is 0.0660 e. The van der Waals surface area contributed by atoms with E-state index in [4.69, 9.17) is 17.3 Å². The molecule has 16 heavy (non-hydrogen) atoms. The third kappa shape index (κ3) is 2.43. The Kier molecular flexibility index (Phi) is 3.29. The van der Waals surface area contributed by atoms with Gasteiger partial charge in [-0.15, -0.1) is 0 Å². The van der Waals surface area contributed by atoms with Gasteiger partial charge in [0.1, 0.15) is 0 Å². The molecule has 0 bridgehead atoms. The summed E-state index contributed by atoms with van der Waals surface area (Å²) in [5, 5.41) is 0.765. The highest BCUT2D eigenvalue weighted by Crippen LogP contribution is 2.32. The lowest BCUT2D eigenvalue weighted by atomic mass is 9.91. The second-order valence-corrected chi connectivity index (χ2v) is 5.47. The lowest BCUT2D eigenvalue weighted by Crippen LogP contribution is -2.38. The number of hydrogen-bond donors (Lipinski definition) is 1. The van der Waals surface area contributed by atoms with E-state index in [-0.39, 0.29) is 0 Å². The van der Waals surface area contributed by atoms with Gasteiger partial charge >= 0.3 is 0 Å². The lowest BCUT2D eigenvalue weighted by Gasteiger charge is -2.37. The highest BCUT2D eigenvalue weighted by atomic mass is 35.5. The quantitative estimate of drug-likeness (QED) is 0.760. The summed E-state index contributed by atoms with van der Waals surface area (Å²) in [4.78, 5) is 2.38. The highest BCUT2D eigenvalue weighted by molar-refractivity contribution is 6.33. The van der Waals surface area contributed by atoms with Crippen LogP contribution in [0.3, 0.4) is 0 Å². The maximum Gasteiger partial charge on any atom is 0.0660 e. The summed E-state index contributed by atoms with van der Waals surface area (Å²) in [7, 11) is 0. The number of nitrogens with two attached hydrogens (primary N) is 1. The Morgan fingerprint density at radius 2 is 1.88 bits per heavy atom. The molecule has 1 aliphatic rings. The van der Waals surface area contributed by atoms with Gasteiger partial charge in [0.25, 0.3) is 0 Å². The average Bonchev–Trinajstić information content (AvgIpc) is 2.15. The molecule has 1 aromatic carbocycles. The number of nitrogen functional groups attached to an aromatic ring is 1. The summed E-state index contributed by atoms with van der Waals surface area (Å²) >= 11 is 6.24. The maximum atomic E-state index is 6.24. The Morgan fingerprint density at radius 1 is 1.25 bits per heavy atom. The van der Waals surface area contributed by atoms with E-state index >= 15 is 0 Å². The maximum absolute atomic E-state index is 6.24. The van der Waals surface area contributed by atoms with Gasteiger partial charge in [0.15, 0.2) is 0 Å². The number of hydrogen-bond acceptors (Lipinski definition) is 2. The minimum atomic E-state index is 0.729. The number of nitrogens with zero attached hydrogens (tertiary/aromatic N) is 1. The molecule has 88 valence electrons. The highest BCUT2D eigenvalue weighted by Gasteiger charge is 2.23. The fourth-order valence-corrected chi connectivity index (χ4v) is 2.95. The molecule has 2 N–H and O–H groups in total. The van der Waals surface area contributed by atoms with Crippen molar-refractivity contribution in [2.45, 2.75) is 20.3 Å². The van der Waals surface area contributed by atoms with Crippen LogP contribution in [0.5, 0.6) is 0 Å². The molecule has 1 heterocycles. The standard InChI is InChI=1S/C13H19ClN2/c1-9-5-10(2)8-16(7-9)13-4-3-11(15)6-12(13)14/h3-4,6,9-10H,5,7-8,15H2,1-2H3/t9-,10+. The van der Waals surface area contributed by atoms with Gasteiger partial charge in [-0.2, -0.15) is 0 Å². The fourth-order valence-electron chi connectivity index (χ4n) is 2.64. The zero-order valence-electron chi connectivity index (χ0n) is 9.91. The Morgan fingerprint density at radius 3 is 2.44 bits per heavy atom. The third-order valence-corrected chi connectivity index (χ3v) is 3.48. The molecule has 1 saturated heterocycles. The molecule has 0 radical (unpaired) electrons. The van der Waals surface area contributed by atoms with Crippen molar-refractivity contribution in [2.75, 3.05) is 23.7 Å². The van der Waals surface area contributed by atoms with Crippen molar-refractivity contribution >= 4 is 23.0 Å². The Balaban J connectivity index is 2.23. The summed E-state index contributed by atoms with van der Waals surface area (Å²) in [5.74, 6) is 1.47. The van der Waals surface area contributed by atoms with Gasteiger partial charge in [-0.25, -0.2) is 0 Å². The predicted octanol–water partition coefficient (Wildman–Crippen LogP) is 3.40. The monoisotopic (exact) mass is 238 g/mol. The molecular formula is C13H19ClN2. The molecule has 2 rings (SSSR count). The molecule has 1 aliphatic heterocycles. The molecule has 2 atom stereocenters. The normalized spacial score (nSPS) is 25.8. The predicted molar refractivity (Wildman–Crippen MR) is 71.0 cm³/mol. The molecule has 0 amide bonds. The van der Waals surface area contributed by atoms with Crippen LogP contribution in [0.4, 0.5) is 11.4 Å². The van der Waals surface area contributed by atoms with Crippen LogP contribution in [0.25, 0.3) is 0 Å². The van der Waals surface area contributed by atoms with Crippen LogP contribution in [0.15, 0.2) is 18.2 Å². The zero-order valence-corrected chi connectivity index (χ0v) is 10.7. The van der Waals surface area contributed by atoms with Crippen LogP contribution in [-0.4, -0.2) is 13.1 Å². The minimum Gasteiger partial charge on any atom is -0.399 e. The molecule has 1 aromatic rings. The van der Waals surface area contributed by atoms with Crippen LogP contribution in [0.1, 0.15) is 20.3 Å². The second kappa shape index (κ2) is 4.54. The largest absolute Gasteiger partial charge is 0.399 e. The average molecular weight is 239 g/mol. The first-order valence-corrected chi connectivity index (χ1v) is 6.24. The van der Waals surface area contributed by atoms with E-state index in [0.29, 0.717) is 0 Å². The summed E-state index contributed by atoms with van der Waals surface area (Å²) in [6.45, 7) is 6.78. The fraction of sp³-hybridized carbons (Fsp3) is 0.538. The number of piperidine rings is 1. The molecule has 1 fully saturated rings. The number of rotatable bonds is 1. The number of benzene rings is 1. The van der Waals surface area contributed by atoms with Gasteiger partial charge in [-0.05, 0) is 36.5 Å². The molecule has 0 saturated carbocycles. The first-order valence-electron chi connectivity index (χ1n) is 5.86. The van der Waals surface area contributed by atoms with E-state index in [2.05, 4.69) is 18.7 Å². The SMILES string of the molecule is C[C@@H]1C[C@H](C)CN(c2ccc(N)cc2Cl)C1. The molecular weight excluding hydrogens is 220 g/mol. The second-order valence-electron chi connectivity index (χ2n) is 5.06. The van der Waals surface area contributed by atoms with Gasteiger partial charge < -0.3 is 10.6 Å². The van der Waals surface area contributed by atoms with E-state index in [0.717, 1.165) is 41.3 Å². The number of anilines is 2. The summed E-state index contributed by atoms with van der Waals surface area (Å²) in [5.41, 5.74) is 7.56. The minimum absolute atomic E-state index is 0.729. The van der Waals surface area contributed by atoms with Crippen LogP contribution >= 0.6 is 11.6 Å². The van der Waals surface area contributed by atoms with Gasteiger partial charge in [-0.1, -0.05) is 25.4 Å². The van der Waals surface area contributed by atoms with Crippen molar-refractivity contribution in [3.63, 3.8) is 0 Å². The Bertz CT molecular complexity index is 368. The van der Waals surface area contributed by atoms with Crippen LogP contribution in [-0.2, 0) is 0 Å². The van der Waals surface area contributed by atoms with E-state index in [9.17, 15) is 0 Å². The Labute approximate surface area is 102 Å². The molecule has 0 spiro atoms. The first kappa shape index (κ1) is 11.6. The van der Waals surface area contributed by atoms with Crippen LogP contribution in [0.2, 0.25) is 5.02 Å². The zero-order chi connectivity index (χ0) is 11.7. The molecule has 3 heteroatoms. The van der Waals surface area contributed by atoms with E-state index in [1.807, 2.05) is 18.2 Å². The van der Waals surface area contributed by atoms with Crippen molar-refractivity contribution in [2.24, 2.45) is 11.8 Å². The van der Waals surface area contributed by atoms with E-state index in [1.165, 1.54) is 6.42 Å². The Hall–Kier alpha value is -0.890. The van der Waals surface area contributed by atoms with Gasteiger partial charge in [0, 0.05) is 18.8 Å². The molecule has 0 unspecified atom stereocenters. The van der Waals surface area contributed by atoms with Crippen molar-refractivity contribution < 1.29 is 0 Å². The van der Waals surface area contributed by atoms with Crippen LogP contribution < -0.4 is 10.6 Å². The summed E-state index contributed by atoms with van der Waals surface area (Å²) in [6, 6.07) is 5.79. The van der Waals surface area contributed by atoms with Crippen molar-refractivity contribution in [1.29, 1.82) is 0 Å². The first-order chi connectivity index (χ1) is 7.56. The third-order valence-electron chi connectivity index (χ3n) is 3.18. The topological polar surface area (TPSA) is 29.3 Å². The lowest BCUT2D eigenvalue weighted by molar-refractivity contribution is 0.357. The van der Waals surface area contributed by atoms with Crippen molar-refractivity contribution in [3.05, 3.63) is 23.2 Å². The summed E-state index contributed by atoms with van der Waals surface area (Å²) < 4.78 is 0. The van der Waals surface area contributed by atoms with Crippen molar-refractivity contribution in [3.8, 4) is 0 Å². The number of halogens is 1. The van der Waals surface area contributed by atoms with Crippen LogP contribution in [0, 0.1) is 11.8 Å². The molecule has 2 nitrogen and oxygen atoms in total. The molecule has 0 aromatic heterocycles.